The van der Waals surface area contributed by atoms with E-state index >= 15 is 0 Å². The van der Waals surface area contributed by atoms with Gasteiger partial charge in [-0.15, -0.1) is 0 Å². The molecule has 1 fully saturated rings. The molecule has 10 heteroatoms. The van der Waals surface area contributed by atoms with Crippen LogP contribution in [0.1, 0.15) is 26.2 Å². The molecule has 1 aliphatic rings. The Labute approximate surface area is 125 Å². The highest BCUT2D eigenvalue weighted by molar-refractivity contribution is 7.72. The average Bonchev–Trinajstić information content (AvgIpc) is 2.17. The molecule has 7 nitrogen and oxygen atoms in total. The highest BCUT2D eigenvalue weighted by Crippen LogP contribution is 2.71. The predicted molar refractivity (Wildman–Crippen MR) is 71.7 cm³/mol. The summed E-state index contributed by atoms with van der Waals surface area (Å²) in [7, 11) is -5.61. The van der Waals surface area contributed by atoms with E-state index in [-0.39, 0.29) is 24.7 Å². The first-order chi connectivity index (χ1) is 8.29. The summed E-state index contributed by atoms with van der Waals surface area (Å²) in [4.78, 5) is 35.0. The topological polar surface area (TPSA) is 115 Å². The van der Waals surface area contributed by atoms with E-state index in [9.17, 15) is 28.7 Å². The summed E-state index contributed by atoms with van der Waals surface area (Å²) in [5.41, 5.74) is 0. The lowest BCUT2D eigenvalue weighted by Crippen LogP contribution is -3.00. The minimum absolute atomic E-state index is 0. The largest absolute Gasteiger partial charge is 1.00 e. The average molecular weight is 352 g/mol. The Hall–Kier alpha value is 0.550. The standard InChI is InChI=1S/C10H23NO6P2.ClH/c1-10(18(12,13)14,19(15,16)17)8-9-4-6-11(2,3)7-5-9;/h9H,4-8H2,1-3H3,(H3-,12,13,14,15,16,17);1H. The van der Waals surface area contributed by atoms with Gasteiger partial charge in [0.05, 0.1) is 27.2 Å². The van der Waals surface area contributed by atoms with Crippen LogP contribution in [0.4, 0.5) is 0 Å². The zero-order chi connectivity index (χ0) is 15.1. The molecular weight excluding hydrogens is 328 g/mol. The van der Waals surface area contributed by atoms with Crippen LogP contribution in [0.3, 0.4) is 0 Å². The summed E-state index contributed by atoms with van der Waals surface area (Å²) < 4.78 is 23.8. The number of rotatable bonds is 4. The van der Waals surface area contributed by atoms with E-state index in [1.165, 1.54) is 0 Å². The van der Waals surface area contributed by atoms with Crippen LogP contribution in [-0.4, -0.2) is 56.1 Å². The Morgan fingerprint density at radius 3 is 1.70 bits per heavy atom. The minimum atomic E-state index is -4.88. The number of nitrogens with zero attached hydrogens (tertiary/aromatic N) is 1. The van der Waals surface area contributed by atoms with Gasteiger partial charge >= 0.3 is 15.2 Å². The van der Waals surface area contributed by atoms with Crippen molar-refractivity contribution in [3.63, 3.8) is 0 Å². The van der Waals surface area contributed by atoms with Gasteiger partial charge in [-0.25, -0.2) is 0 Å². The maximum atomic E-state index is 11.5. The van der Waals surface area contributed by atoms with Crippen LogP contribution in [0.2, 0.25) is 0 Å². The van der Waals surface area contributed by atoms with Gasteiger partial charge in [0.2, 0.25) is 0 Å². The molecule has 0 radical (unpaired) electrons. The van der Waals surface area contributed by atoms with Crippen molar-refractivity contribution in [1.29, 1.82) is 0 Å². The molecule has 0 aromatic rings. The molecular formula is C10H24ClNO6P2. The minimum Gasteiger partial charge on any atom is -1.00 e. The van der Waals surface area contributed by atoms with Crippen molar-refractivity contribution in [3.05, 3.63) is 0 Å². The number of likely N-dealkylation sites (tertiary alicyclic amines) is 1. The van der Waals surface area contributed by atoms with Gasteiger partial charge in [-0.05, 0) is 32.1 Å². The van der Waals surface area contributed by atoms with E-state index in [0.29, 0.717) is 0 Å². The Bertz CT molecular complexity index is 399. The predicted octanol–water partition coefficient (Wildman–Crippen LogP) is -2.06. The fourth-order valence-electron chi connectivity index (χ4n) is 2.48. The van der Waals surface area contributed by atoms with Crippen molar-refractivity contribution in [1.82, 2.24) is 0 Å². The fraction of sp³-hybridized carbons (Fsp3) is 1.00. The number of hydrogen-bond acceptors (Lipinski definition) is 2. The molecule has 4 N–H and O–H groups in total. The van der Waals surface area contributed by atoms with Crippen molar-refractivity contribution in [2.24, 2.45) is 5.92 Å². The van der Waals surface area contributed by atoms with E-state index in [1.807, 2.05) is 0 Å². The summed E-state index contributed by atoms with van der Waals surface area (Å²) in [5.74, 6) is -0.0589. The zero-order valence-corrected chi connectivity index (χ0v) is 14.5. The van der Waals surface area contributed by atoms with E-state index in [1.54, 1.807) is 0 Å². The number of hydrogen-bond donors (Lipinski definition) is 4. The molecule has 1 rings (SSSR count). The van der Waals surface area contributed by atoms with Gasteiger partial charge in [0.25, 0.3) is 0 Å². The summed E-state index contributed by atoms with van der Waals surface area (Å²) >= 11 is 0. The third-order valence-electron chi connectivity index (χ3n) is 4.22. The van der Waals surface area contributed by atoms with Gasteiger partial charge in [-0.2, -0.15) is 0 Å². The van der Waals surface area contributed by atoms with Gasteiger partial charge in [0.15, 0.2) is 4.90 Å². The van der Waals surface area contributed by atoms with Crippen molar-refractivity contribution < 1.29 is 45.6 Å². The third-order valence-corrected chi connectivity index (χ3v) is 8.65. The molecule has 0 amide bonds. The maximum Gasteiger partial charge on any atom is 0.343 e. The number of halogens is 1. The Kier molecular flexibility index (Phi) is 6.52. The number of piperidine rings is 1. The Morgan fingerprint density at radius 2 is 1.40 bits per heavy atom. The molecule has 0 bridgehead atoms. The van der Waals surface area contributed by atoms with E-state index in [2.05, 4.69) is 14.1 Å². The van der Waals surface area contributed by atoms with Crippen LogP contribution >= 0.6 is 15.2 Å². The van der Waals surface area contributed by atoms with Crippen LogP contribution in [0.5, 0.6) is 0 Å². The maximum absolute atomic E-state index is 11.5. The molecule has 0 unspecified atom stereocenters. The molecule has 0 aromatic heterocycles. The van der Waals surface area contributed by atoms with Gasteiger partial charge in [-0.1, -0.05) is 0 Å². The summed E-state index contributed by atoms with van der Waals surface area (Å²) in [6.45, 7) is 2.70. The molecule has 0 saturated carbocycles. The molecule has 20 heavy (non-hydrogen) atoms. The second-order valence-electron chi connectivity index (χ2n) is 6.34. The lowest BCUT2D eigenvalue weighted by molar-refractivity contribution is -0.896. The summed E-state index contributed by atoms with van der Waals surface area (Å²) in [5, 5.41) is 0. The normalized spacial score (nSPS) is 21.4. The van der Waals surface area contributed by atoms with Gasteiger partial charge in [-0.3, -0.25) is 9.13 Å². The van der Waals surface area contributed by atoms with Crippen LogP contribution in [0.15, 0.2) is 0 Å². The van der Waals surface area contributed by atoms with Crippen LogP contribution in [0, 0.1) is 5.92 Å². The molecule has 0 spiro atoms. The molecule has 0 aromatic carbocycles. The summed E-state index contributed by atoms with van der Waals surface area (Å²) in [6.07, 6.45) is 1.31. The molecule has 1 saturated heterocycles. The molecule has 0 atom stereocenters. The molecule has 122 valence electrons. The zero-order valence-electron chi connectivity index (χ0n) is 11.9. The quantitative estimate of drug-likeness (QED) is 0.342. The van der Waals surface area contributed by atoms with Crippen molar-refractivity contribution in [2.45, 2.75) is 31.1 Å². The molecule has 0 aliphatic carbocycles. The first kappa shape index (κ1) is 20.6. The monoisotopic (exact) mass is 351 g/mol. The lowest BCUT2D eigenvalue weighted by Gasteiger charge is -2.40. The van der Waals surface area contributed by atoms with Gasteiger partial charge in [0, 0.05) is 0 Å². The fourth-order valence-corrected chi connectivity index (χ4v) is 4.83. The first-order valence-corrected chi connectivity index (χ1v) is 9.44. The Morgan fingerprint density at radius 1 is 1.05 bits per heavy atom. The second-order valence-corrected chi connectivity index (χ2v) is 10.8. The van der Waals surface area contributed by atoms with Crippen molar-refractivity contribution in [3.8, 4) is 0 Å². The first-order valence-electron chi connectivity index (χ1n) is 6.22. The lowest BCUT2D eigenvalue weighted by atomic mass is 9.91. The molecule has 1 heterocycles. The van der Waals surface area contributed by atoms with E-state index in [0.717, 1.165) is 37.3 Å². The van der Waals surface area contributed by atoms with Gasteiger partial charge in [0.1, 0.15) is 0 Å². The SMILES string of the molecule is CC(CC1CC[N+](C)(C)CC1)(P(=O)(O)O)P(=O)(O)O.[Cl-]. The van der Waals surface area contributed by atoms with E-state index in [4.69, 9.17) is 0 Å². The summed E-state index contributed by atoms with van der Waals surface area (Å²) in [6, 6.07) is 0. The smallest absolute Gasteiger partial charge is 0.343 e. The second kappa shape index (κ2) is 6.35. The van der Waals surface area contributed by atoms with E-state index < -0.39 is 20.1 Å². The van der Waals surface area contributed by atoms with Crippen LogP contribution in [0.25, 0.3) is 0 Å². The highest BCUT2D eigenvalue weighted by atomic mass is 35.5. The van der Waals surface area contributed by atoms with Crippen LogP contribution < -0.4 is 12.4 Å². The number of quaternary nitrogens is 1. The molecule has 1 aliphatic heterocycles. The van der Waals surface area contributed by atoms with Crippen LogP contribution in [-0.2, 0) is 9.13 Å². The highest BCUT2D eigenvalue weighted by Gasteiger charge is 2.57. The third kappa shape index (κ3) is 4.52. The Balaban J connectivity index is 0.00000361. The van der Waals surface area contributed by atoms with Crippen molar-refractivity contribution >= 4 is 15.2 Å². The van der Waals surface area contributed by atoms with Crippen molar-refractivity contribution in [2.75, 3.05) is 27.2 Å². The van der Waals surface area contributed by atoms with Gasteiger partial charge < -0.3 is 36.5 Å².